The Morgan fingerprint density at radius 1 is 1.15 bits per heavy atom. The van der Waals surface area contributed by atoms with Gasteiger partial charge in [-0.25, -0.2) is 4.98 Å². The molecule has 1 aliphatic rings. The molecule has 140 valence electrons. The van der Waals surface area contributed by atoms with Gasteiger partial charge in [-0.1, -0.05) is 18.2 Å². The molecule has 0 radical (unpaired) electrons. The number of carbonyl (C=O) groups excluding carboxylic acids is 2. The summed E-state index contributed by atoms with van der Waals surface area (Å²) in [5.74, 6) is 0.446. The summed E-state index contributed by atoms with van der Waals surface area (Å²) in [6.07, 6.45) is 2.25. The SMILES string of the molecule is O=C(NCCC(=O)N1CCC(c2nc3ccccc3s2)CC1)c1cccs1. The average molecular weight is 400 g/mol. The Balaban J connectivity index is 1.25. The number of nitrogens with one attached hydrogen (secondary N) is 1. The van der Waals surface area contributed by atoms with Gasteiger partial charge in [0.1, 0.15) is 0 Å². The van der Waals surface area contributed by atoms with Crippen molar-refractivity contribution >= 4 is 44.7 Å². The Kier molecular flexibility index (Phi) is 5.50. The zero-order chi connectivity index (χ0) is 18.6. The van der Waals surface area contributed by atoms with E-state index in [1.165, 1.54) is 21.0 Å². The minimum absolute atomic E-state index is 0.104. The minimum Gasteiger partial charge on any atom is -0.351 e. The van der Waals surface area contributed by atoms with Gasteiger partial charge in [0.2, 0.25) is 5.91 Å². The van der Waals surface area contributed by atoms with Crippen molar-refractivity contribution < 1.29 is 9.59 Å². The molecule has 0 atom stereocenters. The molecule has 2 aromatic heterocycles. The third-order valence-corrected chi connectivity index (χ3v) is 6.94. The fourth-order valence-electron chi connectivity index (χ4n) is 3.38. The summed E-state index contributed by atoms with van der Waals surface area (Å²) in [5, 5.41) is 5.88. The number of aromatic nitrogens is 1. The highest BCUT2D eigenvalue weighted by molar-refractivity contribution is 7.18. The standard InChI is InChI=1S/C20H21N3O2S2/c24-18(7-10-21-19(25)17-6-3-13-26-17)23-11-8-14(9-12-23)20-22-15-4-1-2-5-16(15)27-20/h1-6,13-14H,7-12H2,(H,21,25). The molecule has 1 aromatic carbocycles. The maximum Gasteiger partial charge on any atom is 0.261 e. The van der Waals surface area contributed by atoms with E-state index in [4.69, 9.17) is 4.98 Å². The van der Waals surface area contributed by atoms with Crippen LogP contribution in [0.25, 0.3) is 10.2 Å². The van der Waals surface area contributed by atoms with Crippen LogP contribution in [0.3, 0.4) is 0 Å². The summed E-state index contributed by atoms with van der Waals surface area (Å²) < 4.78 is 1.23. The van der Waals surface area contributed by atoms with E-state index in [0.29, 0.717) is 23.8 Å². The van der Waals surface area contributed by atoms with E-state index in [0.717, 1.165) is 31.4 Å². The number of piperidine rings is 1. The van der Waals surface area contributed by atoms with Crippen molar-refractivity contribution in [1.29, 1.82) is 0 Å². The smallest absolute Gasteiger partial charge is 0.261 e. The third kappa shape index (κ3) is 4.20. The molecule has 27 heavy (non-hydrogen) atoms. The lowest BCUT2D eigenvalue weighted by molar-refractivity contribution is -0.132. The van der Waals surface area contributed by atoms with Gasteiger partial charge in [0.25, 0.3) is 5.91 Å². The summed E-state index contributed by atoms with van der Waals surface area (Å²) in [4.78, 5) is 31.7. The molecular formula is C20H21N3O2S2. The number of rotatable bonds is 5. The highest BCUT2D eigenvalue weighted by Crippen LogP contribution is 2.33. The fourth-order valence-corrected chi connectivity index (χ4v) is 5.15. The summed E-state index contributed by atoms with van der Waals surface area (Å²) in [6, 6.07) is 11.9. The Morgan fingerprint density at radius 3 is 2.70 bits per heavy atom. The van der Waals surface area contributed by atoms with E-state index in [2.05, 4.69) is 17.4 Å². The molecule has 1 fully saturated rings. The van der Waals surface area contributed by atoms with Crippen LogP contribution in [0.1, 0.15) is 39.9 Å². The summed E-state index contributed by atoms with van der Waals surface area (Å²) >= 11 is 3.17. The van der Waals surface area contributed by atoms with Crippen LogP contribution >= 0.6 is 22.7 Å². The first-order chi connectivity index (χ1) is 13.2. The molecule has 0 saturated carbocycles. The highest BCUT2D eigenvalue weighted by Gasteiger charge is 2.25. The van der Waals surface area contributed by atoms with Crippen molar-refractivity contribution in [2.24, 2.45) is 0 Å². The van der Waals surface area contributed by atoms with Crippen LogP contribution in [0.4, 0.5) is 0 Å². The van der Waals surface area contributed by atoms with Crippen LogP contribution in [0, 0.1) is 0 Å². The number of nitrogens with zero attached hydrogens (tertiary/aromatic N) is 2. The lowest BCUT2D eigenvalue weighted by atomic mass is 9.97. The minimum atomic E-state index is -0.104. The fraction of sp³-hybridized carbons (Fsp3) is 0.350. The van der Waals surface area contributed by atoms with E-state index in [1.807, 2.05) is 28.5 Å². The topological polar surface area (TPSA) is 62.3 Å². The molecule has 4 rings (SSSR count). The van der Waals surface area contributed by atoms with Crippen molar-refractivity contribution in [2.45, 2.75) is 25.2 Å². The van der Waals surface area contributed by atoms with Gasteiger partial charge >= 0.3 is 0 Å². The molecule has 3 aromatic rings. The van der Waals surface area contributed by atoms with Crippen LogP contribution in [0.2, 0.25) is 0 Å². The van der Waals surface area contributed by atoms with Gasteiger partial charge in [0, 0.05) is 32.0 Å². The number of fused-ring (bicyclic) bond motifs is 1. The number of para-hydroxylation sites is 1. The molecule has 7 heteroatoms. The van der Waals surface area contributed by atoms with Crippen molar-refractivity contribution in [3.63, 3.8) is 0 Å². The summed E-state index contributed by atoms with van der Waals surface area (Å²) in [6.45, 7) is 1.91. The molecule has 0 bridgehead atoms. The van der Waals surface area contributed by atoms with Crippen LogP contribution in [-0.2, 0) is 4.79 Å². The van der Waals surface area contributed by atoms with Gasteiger partial charge < -0.3 is 10.2 Å². The molecule has 2 amide bonds. The number of thiazole rings is 1. The normalized spacial score (nSPS) is 15.2. The second kappa shape index (κ2) is 8.19. The zero-order valence-electron chi connectivity index (χ0n) is 14.9. The Hall–Kier alpha value is -2.25. The van der Waals surface area contributed by atoms with Gasteiger partial charge in [-0.2, -0.15) is 0 Å². The van der Waals surface area contributed by atoms with Crippen LogP contribution in [-0.4, -0.2) is 41.3 Å². The van der Waals surface area contributed by atoms with E-state index >= 15 is 0 Å². The molecule has 0 unspecified atom stereocenters. The highest BCUT2D eigenvalue weighted by atomic mass is 32.1. The van der Waals surface area contributed by atoms with Gasteiger partial charge in [-0.3, -0.25) is 9.59 Å². The Bertz CT molecular complexity index is 895. The number of amides is 2. The van der Waals surface area contributed by atoms with Gasteiger partial charge in [0.15, 0.2) is 0 Å². The van der Waals surface area contributed by atoms with Crippen molar-refractivity contribution in [3.8, 4) is 0 Å². The number of hydrogen-bond acceptors (Lipinski definition) is 5. The maximum atomic E-state index is 12.4. The molecule has 0 aliphatic carbocycles. The third-order valence-electron chi connectivity index (χ3n) is 4.88. The molecule has 3 heterocycles. The van der Waals surface area contributed by atoms with Crippen LogP contribution in [0.5, 0.6) is 0 Å². The maximum absolute atomic E-state index is 12.4. The van der Waals surface area contributed by atoms with E-state index in [-0.39, 0.29) is 11.8 Å². The second-order valence-corrected chi connectivity index (χ2v) is 8.67. The average Bonchev–Trinajstić information content (AvgIpc) is 3.37. The van der Waals surface area contributed by atoms with Crippen LogP contribution < -0.4 is 5.32 Å². The van der Waals surface area contributed by atoms with E-state index in [9.17, 15) is 9.59 Å². The number of carbonyl (C=O) groups is 2. The van der Waals surface area contributed by atoms with Crippen molar-refractivity contribution in [3.05, 3.63) is 51.7 Å². The lowest BCUT2D eigenvalue weighted by Crippen LogP contribution is -2.39. The number of hydrogen-bond donors (Lipinski definition) is 1. The van der Waals surface area contributed by atoms with Crippen molar-refractivity contribution in [2.75, 3.05) is 19.6 Å². The molecule has 1 aliphatic heterocycles. The van der Waals surface area contributed by atoms with E-state index < -0.39 is 0 Å². The van der Waals surface area contributed by atoms with Crippen molar-refractivity contribution in [1.82, 2.24) is 15.2 Å². The number of thiophene rings is 1. The first-order valence-electron chi connectivity index (χ1n) is 9.15. The monoisotopic (exact) mass is 399 g/mol. The van der Waals surface area contributed by atoms with Gasteiger partial charge in [-0.05, 0) is 36.4 Å². The van der Waals surface area contributed by atoms with E-state index in [1.54, 1.807) is 17.4 Å². The molecule has 1 N–H and O–H groups in total. The Morgan fingerprint density at radius 2 is 1.96 bits per heavy atom. The molecule has 1 saturated heterocycles. The summed E-state index contributed by atoms with van der Waals surface area (Å²) in [5.41, 5.74) is 1.07. The van der Waals surface area contributed by atoms with Crippen LogP contribution in [0.15, 0.2) is 41.8 Å². The lowest BCUT2D eigenvalue weighted by Gasteiger charge is -2.31. The molecule has 0 spiro atoms. The summed E-state index contributed by atoms with van der Waals surface area (Å²) in [7, 11) is 0. The number of benzene rings is 1. The first-order valence-corrected chi connectivity index (χ1v) is 10.9. The Labute approximate surface area is 166 Å². The number of likely N-dealkylation sites (tertiary alicyclic amines) is 1. The predicted molar refractivity (Wildman–Crippen MR) is 109 cm³/mol. The zero-order valence-corrected chi connectivity index (χ0v) is 16.5. The predicted octanol–water partition coefficient (Wildman–Crippen LogP) is 3.88. The largest absolute Gasteiger partial charge is 0.351 e. The second-order valence-electron chi connectivity index (χ2n) is 6.66. The first kappa shape index (κ1) is 18.1. The van der Waals surface area contributed by atoms with Gasteiger partial charge in [0.05, 0.1) is 20.1 Å². The molecule has 5 nitrogen and oxygen atoms in total. The molecular weight excluding hydrogens is 378 g/mol. The quantitative estimate of drug-likeness (QED) is 0.708. The van der Waals surface area contributed by atoms with Gasteiger partial charge in [-0.15, -0.1) is 22.7 Å².